The first-order valence-corrected chi connectivity index (χ1v) is 8.47. The summed E-state index contributed by atoms with van der Waals surface area (Å²) in [6.45, 7) is 1.93. The SMILES string of the molecule is N#Cc1ccc(N2CCN(C(=O)OCc3ccccc3)CC2)c([N+](=O)[O-])c1. The maximum Gasteiger partial charge on any atom is 0.410 e. The lowest BCUT2D eigenvalue weighted by Crippen LogP contribution is -2.49. The predicted molar refractivity (Wildman–Crippen MR) is 98.2 cm³/mol. The summed E-state index contributed by atoms with van der Waals surface area (Å²) in [5, 5.41) is 20.2. The molecule has 1 saturated heterocycles. The second-order valence-corrected chi connectivity index (χ2v) is 6.09. The van der Waals surface area contributed by atoms with Crippen LogP contribution in [-0.2, 0) is 11.3 Å². The summed E-state index contributed by atoms with van der Waals surface area (Å²) in [6, 6.07) is 15.8. The highest BCUT2D eigenvalue weighted by Gasteiger charge is 2.26. The smallest absolute Gasteiger partial charge is 0.410 e. The lowest BCUT2D eigenvalue weighted by Gasteiger charge is -2.35. The van der Waals surface area contributed by atoms with Crippen molar-refractivity contribution < 1.29 is 14.5 Å². The van der Waals surface area contributed by atoms with E-state index >= 15 is 0 Å². The van der Waals surface area contributed by atoms with Crippen molar-refractivity contribution in [1.82, 2.24) is 4.90 Å². The summed E-state index contributed by atoms with van der Waals surface area (Å²) in [4.78, 5) is 26.5. The number of anilines is 1. The van der Waals surface area contributed by atoms with E-state index in [1.165, 1.54) is 6.07 Å². The van der Waals surface area contributed by atoms with Crippen LogP contribution in [0.4, 0.5) is 16.2 Å². The van der Waals surface area contributed by atoms with Gasteiger partial charge < -0.3 is 14.5 Å². The van der Waals surface area contributed by atoms with E-state index < -0.39 is 11.0 Å². The van der Waals surface area contributed by atoms with Gasteiger partial charge in [0.2, 0.25) is 0 Å². The number of nitriles is 1. The van der Waals surface area contributed by atoms with Crippen LogP contribution >= 0.6 is 0 Å². The highest BCUT2D eigenvalue weighted by molar-refractivity contribution is 5.69. The Hall–Kier alpha value is -3.60. The number of amides is 1. The van der Waals surface area contributed by atoms with Crippen LogP contribution in [0.5, 0.6) is 0 Å². The fourth-order valence-electron chi connectivity index (χ4n) is 2.95. The second-order valence-electron chi connectivity index (χ2n) is 6.09. The molecule has 0 unspecified atom stereocenters. The Labute approximate surface area is 156 Å². The number of nitro groups is 1. The first-order valence-electron chi connectivity index (χ1n) is 8.47. The van der Waals surface area contributed by atoms with Gasteiger partial charge >= 0.3 is 6.09 Å². The summed E-state index contributed by atoms with van der Waals surface area (Å²) in [7, 11) is 0. The minimum absolute atomic E-state index is 0.103. The van der Waals surface area contributed by atoms with E-state index in [1.54, 1.807) is 17.0 Å². The Morgan fingerprint density at radius 3 is 2.48 bits per heavy atom. The molecule has 27 heavy (non-hydrogen) atoms. The van der Waals surface area contributed by atoms with Crippen LogP contribution in [0.25, 0.3) is 0 Å². The molecule has 0 atom stereocenters. The van der Waals surface area contributed by atoms with Gasteiger partial charge in [0.05, 0.1) is 16.6 Å². The monoisotopic (exact) mass is 366 g/mol. The van der Waals surface area contributed by atoms with E-state index in [0.717, 1.165) is 5.56 Å². The number of carbonyl (C=O) groups excluding carboxylic acids is 1. The predicted octanol–water partition coefficient (Wildman–Crippen LogP) is 2.93. The third-order valence-electron chi connectivity index (χ3n) is 4.38. The van der Waals surface area contributed by atoms with Crippen molar-refractivity contribution in [2.24, 2.45) is 0 Å². The summed E-state index contributed by atoms with van der Waals surface area (Å²) in [6.07, 6.45) is -0.396. The zero-order valence-corrected chi connectivity index (χ0v) is 14.6. The lowest BCUT2D eigenvalue weighted by atomic mass is 10.1. The molecular weight excluding hydrogens is 348 g/mol. The lowest BCUT2D eigenvalue weighted by molar-refractivity contribution is -0.384. The second kappa shape index (κ2) is 8.19. The highest BCUT2D eigenvalue weighted by Crippen LogP contribution is 2.30. The molecule has 0 saturated carbocycles. The van der Waals surface area contributed by atoms with Crippen LogP contribution in [-0.4, -0.2) is 42.1 Å². The third kappa shape index (κ3) is 4.33. The van der Waals surface area contributed by atoms with E-state index in [2.05, 4.69) is 0 Å². The number of hydrogen-bond donors (Lipinski definition) is 0. The first kappa shape index (κ1) is 18.2. The molecule has 1 heterocycles. The molecule has 0 N–H and O–H groups in total. The minimum Gasteiger partial charge on any atom is -0.445 e. The number of ether oxygens (including phenoxy) is 1. The van der Waals surface area contributed by atoms with E-state index in [1.807, 2.05) is 41.3 Å². The first-order chi connectivity index (χ1) is 13.1. The van der Waals surface area contributed by atoms with Crippen molar-refractivity contribution in [2.75, 3.05) is 31.1 Å². The quantitative estimate of drug-likeness (QED) is 0.609. The molecule has 0 aromatic heterocycles. The van der Waals surface area contributed by atoms with Crippen LogP contribution < -0.4 is 4.90 Å². The van der Waals surface area contributed by atoms with Gasteiger partial charge in [-0.15, -0.1) is 0 Å². The maximum atomic E-state index is 12.2. The van der Waals surface area contributed by atoms with Crippen molar-refractivity contribution in [2.45, 2.75) is 6.61 Å². The Morgan fingerprint density at radius 2 is 1.85 bits per heavy atom. The van der Waals surface area contributed by atoms with Gasteiger partial charge in [0.15, 0.2) is 0 Å². The van der Waals surface area contributed by atoms with Crippen molar-refractivity contribution in [3.8, 4) is 6.07 Å². The van der Waals surface area contributed by atoms with Crippen molar-refractivity contribution in [3.05, 3.63) is 69.8 Å². The third-order valence-corrected chi connectivity index (χ3v) is 4.38. The van der Waals surface area contributed by atoms with Gasteiger partial charge in [0.1, 0.15) is 12.3 Å². The molecule has 1 aliphatic heterocycles. The zero-order chi connectivity index (χ0) is 19.2. The summed E-state index contributed by atoms with van der Waals surface area (Å²) < 4.78 is 5.32. The van der Waals surface area contributed by atoms with Gasteiger partial charge in [0, 0.05) is 32.2 Å². The largest absolute Gasteiger partial charge is 0.445 e. The van der Waals surface area contributed by atoms with Crippen molar-refractivity contribution in [3.63, 3.8) is 0 Å². The van der Waals surface area contributed by atoms with E-state index in [0.29, 0.717) is 31.9 Å². The number of benzene rings is 2. The molecule has 0 aliphatic carbocycles. The standard InChI is InChI=1S/C19H18N4O4/c20-13-16-6-7-17(18(12-16)23(25)26)21-8-10-22(11-9-21)19(24)27-14-15-4-2-1-3-5-15/h1-7,12H,8-11,14H2. The molecule has 138 valence electrons. The van der Waals surface area contributed by atoms with Crippen LogP contribution in [0.2, 0.25) is 0 Å². The van der Waals surface area contributed by atoms with E-state index in [9.17, 15) is 14.9 Å². The molecule has 0 radical (unpaired) electrons. The maximum absolute atomic E-state index is 12.2. The molecule has 1 aliphatic rings. The molecule has 8 heteroatoms. The minimum atomic E-state index is -0.489. The molecule has 1 amide bonds. The Kier molecular flexibility index (Phi) is 5.52. The molecule has 8 nitrogen and oxygen atoms in total. The fourth-order valence-corrected chi connectivity index (χ4v) is 2.95. The van der Waals surface area contributed by atoms with Gasteiger partial charge in [-0.05, 0) is 17.7 Å². The average molecular weight is 366 g/mol. The fraction of sp³-hybridized carbons (Fsp3) is 0.263. The van der Waals surface area contributed by atoms with Crippen molar-refractivity contribution in [1.29, 1.82) is 5.26 Å². The number of hydrogen-bond acceptors (Lipinski definition) is 6. The Bertz CT molecular complexity index is 871. The Morgan fingerprint density at radius 1 is 1.15 bits per heavy atom. The van der Waals surface area contributed by atoms with E-state index in [4.69, 9.17) is 10.00 Å². The van der Waals surface area contributed by atoms with Gasteiger partial charge in [0.25, 0.3) is 5.69 Å². The van der Waals surface area contributed by atoms with Gasteiger partial charge in [-0.2, -0.15) is 5.26 Å². The Balaban J connectivity index is 1.60. The molecule has 0 spiro atoms. The molecule has 2 aromatic carbocycles. The normalized spacial score (nSPS) is 13.7. The van der Waals surface area contributed by atoms with Crippen molar-refractivity contribution >= 4 is 17.5 Å². The topological polar surface area (TPSA) is 99.7 Å². The molecule has 2 aromatic rings. The van der Waals surface area contributed by atoms with Gasteiger partial charge in [-0.25, -0.2) is 4.79 Å². The summed E-state index contributed by atoms with van der Waals surface area (Å²) in [5.41, 5.74) is 1.51. The zero-order valence-electron chi connectivity index (χ0n) is 14.6. The van der Waals surface area contributed by atoms with Crippen LogP contribution in [0, 0.1) is 21.4 Å². The number of nitrogens with zero attached hydrogens (tertiary/aromatic N) is 4. The van der Waals surface area contributed by atoms with Crippen LogP contribution in [0.1, 0.15) is 11.1 Å². The number of carbonyl (C=O) groups is 1. The number of rotatable bonds is 4. The summed E-state index contributed by atoms with van der Waals surface area (Å²) in [5.74, 6) is 0. The molecule has 0 bridgehead atoms. The summed E-state index contributed by atoms with van der Waals surface area (Å²) >= 11 is 0. The molecule has 3 rings (SSSR count). The highest BCUT2D eigenvalue weighted by atomic mass is 16.6. The molecule has 1 fully saturated rings. The van der Waals surface area contributed by atoms with Gasteiger partial charge in [-0.1, -0.05) is 30.3 Å². The van der Waals surface area contributed by atoms with E-state index in [-0.39, 0.29) is 17.9 Å². The van der Waals surface area contributed by atoms with Crippen LogP contribution in [0.3, 0.4) is 0 Å². The van der Waals surface area contributed by atoms with Gasteiger partial charge in [-0.3, -0.25) is 10.1 Å². The number of nitro benzene ring substituents is 1. The molecular formula is C19H18N4O4. The number of piperazine rings is 1. The van der Waals surface area contributed by atoms with Crippen LogP contribution in [0.15, 0.2) is 48.5 Å². The average Bonchev–Trinajstić information content (AvgIpc) is 2.72.